The Balaban J connectivity index is 0.00000272. The van der Waals surface area contributed by atoms with Crippen LogP contribution in [0.15, 0.2) is 108 Å². The molecule has 0 aliphatic heterocycles. The summed E-state index contributed by atoms with van der Waals surface area (Å²) in [4.78, 5) is 0. The molecule has 0 saturated carbocycles. The van der Waals surface area contributed by atoms with E-state index in [4.69, 9.17) is 4.74 Å². The van der Waals surface area contributed by atoms with Crippen LogP contribution in [-0.2, 0) is 6.16 Å². The van der Waals surface area contributed by atoms with E-state index in [1.807, 2.05) is 24.3 Å². The summed E-state index contributed by atoms with van der Waals surface area (Å²) in [6.45, 7) is 0. The van der Waals surface area contributed by atoms with E-state index < -0.39 is 7.26 Å². The molecule has 158 valence electrons. The van der Waals surface area contributed by atoms with Gasteiger partial charge in [0.25, 0.3) is 0 Å². The molecule has 4 aromatic carbocycles. The highest BCUT2D eigenvalue weighted by Gasteiger charge is 2.46. The van der Waals surface area contributed by atoms with Gasteiger partial charge in [0, 0.05) is 5.56 Å². The molecule has 0 amide bonds. The number of aromatic hydroxyl groups is 1. The Bertz CT molecular complexity index is 1030. The maximum absolute atomic E-state index is 10.9. The second kappa shape index (κ2) is 10.3. The molecule has 1 N–H and O–H groups in total. The normalized spacial score (nSPS) is 10.9. The molecule has 0 unspecified atom stereocenters. The lowest BCUT2D eigenvalue weighted by molar-refractivity contribution is -0.00000700. The molecule has 0 aliphatic rings. The number of phenols is 1. The van der Waals surface area contributed by atoms with Crippen molar-refractivity contribution in [1.29, 1.82) is 0 Å². The quantitative estimate of drug-likeness (QED) is 0.402. The van der Waals surface area contributed by atoms with E-state index in [1.54, 1.807) is 13.2 Å². The van der Waals surface area contributed by atoms with Crippen LogP contribution in [0.4, 0.5) is 0 Å². The van der Waals surface area contributed by atoms with Crippen LogP contribution in [0.2, 0.25) is 0 Å². The molecule has 0 heterocycles. The van der Waals surface area contributed by atoms with Gasteiger partial charge in [-0.05, 0) is 64.5 Å². The number of benzene rings is 4. The Morgan fingerprint density at radius 2 is 1.16 bits per heavy atom. The molecule has 2 nitrogen and oxygen atoms in total. The number of ether oxygens (including phenoxy) is 1. The minimum absolute atomic E-state index is 0. The van der Waals surface area contributed by atoms with Gasteiger partial charge in [-0.15, -0.1) is 0 Å². The predicted octanol–water partition coefficient (Wildman–Crippen LogP) is 2.66. The van der Waals surface area contributed by atoms with Crippen LogP contribution in [0.25, 0.3) is 0 Å². The van der Waals surface area contributed by atoms with Gasteiger partial charge < -0.3 is 22.3 Å². The van der Waals surface area contributed by atoms with Gasteiger partial charge in [-0.2, -0.15) is 0 Å². The van der Waals surface area contributed by atoms with Crippen molar-refractivity contribution in [2.24, 2.45) is 0 Å². The van der Waals surface area contributed by atoms with Crippen molar-refractivity contribution in [3.63, 3.8) is 0 Å². The van der Waals surface area contributed by atoms with Gasteiger partial charge in [0.2, 0.25) is 0 Å². The summed E-state index contributed by atoms with van der Waals surface area (Å²) in [6.07, 6.45) is 0.687. The first kappa shape index (κ1) is 23.3. The van der Waals surface area contributed by atoms with E-state index in [0.29, 0.717) is 10.6 Å². The Morgan fingerprint density at radius 1 is 0.742 bits per heavy atom. The molecule has 0 atom stereocenters. The van der Waals surface area contributed by atoms with E-state index in [-0.39, 0.29) is 18.2 Å². The summed E-state index contributed by atoms with van der Waals surface area (Å²) in [6, 6.07) is 35.7. The van der Waals surface area contributed by atoms with E-state index in [0.717, 1.165) is 11.3 Å². The lowest BCUT2D eigenvalue weighted by Gasteiger charge is -2.28. The molecule has 4 aromatic rings. The lowest BCUT2D eigenvalue weighted by Crippen LogP contribution is -3.00. The molecule has 0 fully saturated rings. The zero-order valence-corrected chi connectivity index (χ0v) is 20.3. The molecule has 0 saturated heterocycles. The monoisotopic (exact) mass is 512 g/mol. The summed E-state index contributed by atoms with van der Waals surface area (Å²) in [5, 5.41) is 14.8. The summed E-state index contributed by atoms with van der Waals surface area (Å²) in [7, 11) is -0.439. The predicted molar refractivity (Wildman–Crippen MR) is 131 cm³/mol. The fraction of sp³-hybridized carbons (Fsp3) is 0.0769. The first-order valence-electron chi connectivity index (χ1n) is 9.75. The van der Waals surface area contributed by atoms with Gasteiger partial charge in [-0.25, -0.2) is 0 Å². The zero-order chi connectivity index (χ0) is 21.0. The second-order valence-corrected chi connectivity index (χ2v) is 11.4. The van der Waals surface area contributed by atoms with Crippen LogP contribution >= 0.6 is 23.2 Å². The van der Waals surface area contributed by atoms with Gasteiger partial charge in [-0.3, -0.25) is 0 Å². The van der Waals surface area contributed by atoms with Gasteiger partial charge in [0.1, 0.15) is 40.8 Å². The van der Waals surface area contributed by atoms with Crippen LogP contribution in [0.3, 0.4) is 0 Å². The van der Waals surface area contributed by atoms with Gasteiger partial charge >= 0.3 is 0 Å². The summed E-state index contributed by atoms with van der Waals surface area (Å²) in [5.41, 5.74) is 0.867. The maximum Gasteiger partial charge on any atom is 0.136 e. The first-order chi connectivity index (χ1) is 14.6. The number of rotatable bonds is 6. The largest absolute Gasteiger partial charge is 1.00 e. The topological polar surface area (TPSA) is 29.5 Å². The third-order valence-corrected chi connectivity index (χ3v) is 10.3. The molecule has 31 heavy (non-hydrogen) atoms. The van der Waals surface area contributed by atoms with Gasteiger partial charge in [-0.1, -0.05) is 54.6 Å². The van der Waals surface area contributed by atoms with Crippen molar-refractivity contribution in [2.75, 3.05) is 7.11 Å². The van der Waals surface area contributed by atoms with Crippen LogP contribution in [-0.4, -0.2) is 12.2 Å². The third-order valence-electron chi connectivity index (χ3n) is 5.35. The summed E-state index contributed by atoms with van der Waals surface area (Å²) in [5.74, 6) is 0.991. The highest BCUT2D eigenvalue weighted by Crippen LogP contribution is 2.59. The molecular formula is C26H23BrClO2P. The smallest absolute Gasteiger partial charge is 0.136 e. The van der Waals surface area contributed by atoms with Gasteiger partial charge in [0.05, 0.1) is 11.6 Å². The third kappa shape index (κ3) is 4.65. The molecule has 0 spiro atoms. The Labute approximate surface area is 198 Å². The minimum atomic E-state index is -2.09. The van der Waals surface area contributed by atoms with Crippen LogP contribution in [0.5, 0.6) is 11.5 Å². The standard InChI is InChI=1S/C26H22BrO2P.ClH/c1-29-21-17-20(26(28)25(27)18-21)19-30(22-11-5-2-6-12-22,23-13-7-3-8-14-23)24-15-9-4-10-16-24;/h2-18H,19H2,1H3;1H. The number of hydrogen-bond donors (Lipinski definition) is 1. The highest BCUT2D eigenvalue weighted by molar-refractivity contribution is 9.10. The molecular weight excluding hydrogens is 491 g/mol. The summed E-state index contributed by atoms with van der Waals surface area (Å²) < 4.78 is 6.14. The average molecular weight is 514 g/mol. The molecule has 0 radical (unpaired) electrons. The number of methoxy groups -OCH3 is 1. The Kier molecular flexibility index (Phi) is 7.78. The lowest BCUT2D eigenvalue weighted by atomic mass is 10.2. The van der Waals surface area contributed by atoms with Crippen molar-refractivity contribution in [3.8, 4) is 11.5 Å². The van der Waals surface area contributed by atoms with Crippen LogP contribution < -0.4 is 33.1 Å². The summed E-state index contributed by atoms with van der Waals surface area (Å²) >= 11 is 3.50. The van der Waals surface area contributed by atoms with Crippen molar-refractivity contribution >= 4 is 39.1 Å². The average Bonchev–Trinajstić information content (AvgIpc) is 2.81. The molecule has 5 heteroatoms. The van der Waals surface area contributed by atoms with Crippen molar-refractivity contribution in [2.45, 2.75) is 6.16 Å². The first-order valence-corrected chi connectivity index (χ1v) is 12.5. The number of hydrogen-bond acceptors (Lipinski definition) is 2. The maximum atomic E-state index is 10.9. The number of phenolic OH excluding ortho intramolecular Hbond substituents is 1. The number of halogens is 2. The SMILES string of the molecule is COc1cc(Br)c(O)c(C[P+](c2ccccc2)(c2ccccc2)c2ccccc2)c1.[Cl-]. The van der Waals surface area contributed by atoms with E-state index in [2.05, 4.69) is 88.7 Å². The molecule has 4 rings (SSSR count). The van der Waals surface area contributed by atoms with E-state index in [1.165, 1.54) is 15.9 Å². The highest BCUT2D eigenvalue weighted by atomic mass is 79.9. The molecule has 0 bridgehead atoms. The fourth-order valence-electron chi connectivity index (χ4n) is 3.89. The fourth-order valence-corrected chi connectivity index (χ4v) is 8.61. The van der Waals surface area contributed by atoms with E-state index in [9.17, 15) is 5.11 Å². The van der Waals surface area contributed by atoms with Crippen LogP contribution in [0, 0.1) is 0 Å². The Morgan fingerprint density at radius 3 is 1.55 bits per heavy atom. The van der Waals surface area contributed by atoms with Gasteiger partial charge in [0.15, 0.2) is 0 Å². The minimum Gasteiger partial charge on any atom is -1.00 e. The van der Waals surface area contributed by atoms with E-state index >= 15 is 0 Å². The Hall–Kier alpha value is -2.32. The van der Waals surface area contributed by atoms with Crippen molar-refractivity contribution in [3.05, 3.63) is 113 Å². The van der Waals surface area contributed by atoms with Crippen molar-refractivity contribution in [1.82, 2.24) is 0 Å². The van der Waals surface area contributed by atoms with Crippen molar-refractivity contribution < 1.29 is 22.3 Å². The van der Waals surface area contributed by atoms with Crippen LogP contribution in [0.1, 0.15) is 5.56 Å². The second-order valence-electron chi connectivity index (χ2n) is 7.09. The zero-order valence-electron chi connectivity index (χ0n) is 17.1. The molecule has 0 aromatic heterocycles. The molecule has 0 aliphatic carbocycles.